The van der Waals surface area contributed by atoms with E-state index in [4.69, 9.17) is 13.8 Å². The third kappa shape index (κ3) is 5.73. The molecule has 38 heavy (non-hydrogen) atoms. The second-order valence-electron chi connectivity index (χ2n) is 8.58. The minimum Gasteiger partial charge on any atom is -0.508 e. The average Bonchev–Trinajstić information content (AvgIpc) is 2.90. The zero-order valence-electron chi connectivity index (χ0n) is 21.3. The van der Waals surface area contributed by atoms with Crippen LogP contribution in [0.5, 0.6) is 17.2 Å². The van der Waals surface area contributed by atoms with Crippen LogP contribution < -0.4 is 19.3 Å². The first-order valence-corrected chi connectivity index (χ1v) is 13.0. The maximum absolute atomic E-state index is 13.1. The summed E-state index contributed by atoms with van der Waals surface area (Å²) >= 11 is 0. The van der Waals surface area contributed by atoms with Crippen molar-refractivity contribution in [2.75, 3.05) is 14.2 Å². The van der Waals surface area contributed by atoms with Crippen LogP contribution >= 0.6 is 0 Å². The highest BCUT2D eigenvalue weighted by atomic mass is 32.2. The lowest BCUT2D eigenvalue weighted by Crippen LogP contribution is -2.32. The Labute approximate surface area is 221 Å². The number of ether oxygens (including phenoxy) is 2. The van der Waals surface area contributed by atoms with Crippen molar-refractivity contribution in [2.24, 2.45) is 0 Å². The minimum absolute atomic E-state index is 0.202. The van der Waals surface area contributed by atoms with Crippen LogP contribution in [-0.2, 0) is 10.1 Å². The second-order valence-corrected chi connectivity index (χ2v) is 10.1. The Bertz CT molecular complexity index is 1600. The molecule has 0 spiro atoms. The van der Waals surface area contributed by atoms with Gasteiger partial charge in [0.25, 0.3) is 5.56 Å². The Balaban J connectivity index is 1.88. The molecule has 0 unspecified atom stereocenters. The van der Waals surface area contributed by atoms with Crippen LogP contribution in [0.1, 0.15) is 27.9 Å². The van der Waals surface area contributed by atoms with E-state index in [1.54, 1.807) is 64.5 Å². The molecule has 0 atom stereocenters. The number of aromatic hydroxyl groups is 1. The normalized spacial score (nSPS) is 11.1. The highest BCUT2D eigenvalue weighted by molar-refractivity contribution is 7.87. The molecule has 1 N–H and O–H groups in total. The summed E-state index contributed by atoms with van der Waals surface area (Å²) in [7, 11) is -1.30. The predicted molar refractivity (Wildman–Crippen MR) is 145 cm³/mol. The van der Waals surface area contributed by atoms with Crippen LogP contribution in [-0.4, -0.2) is 32.5 Å². The van der Waals surface area contributed by atoms with Crippen molar-refractivity contribution in [1.29, 1.82) is 0 Å². The van der Waals surface area contributed by atoms with E-state index in [1.807, 2.05) is 24.3 Å². The molecule has 0 aliphatic carbocycles. The van der Waals surface area contributed by atoms with Crippen LogP contribution in [0.4, 0.5) is 0 Å². The molecule has 0 radical (unpaired) electrons. The van der Waals surface area contributed by atoms with Crippen molar-refractivity contribution in [2.45, 2.75) is 18.7 Å². The fourth-order valence-electron chi connectivity index (χ4n) is 3.80. The van der Waals surface area contributed by atoms with E-state index in [2.05, 4.69) is 0 Å². The SMILES string of the molecule is COc1ccc(C(=Cc2cc(C)cc(=O)n2OS(=O)(=O)c2ccc(C)c(O)c2)c2ccc(OC)cc2)cc1. The smallest absolute Gasteiger partial charge is 0.357 e. The molecule has 0 fully saturated rings. The van der Waals surface area contributed by atoms with Gasteiger partial charge < -0.3 is 14.6 Å². The number of benzene rings is 3. The molecule has 0 aliphatic rings. The van der Waals surface area contributed by atoms with Gasteiger partial charge in [0.05, 0.1) is 19.9 Å². The molecule has 4 rings (SSSR count). The Kier molecular flexibility index (Phi) is 7.59. The molecule has 9 heteroatoms. The Morgan fingerprint density at radius 1 is 0.816 bits per heavy atom. The van der Waals surface area contributed by atoms with Crippen LogP contribution in [0.2, 0.25) is 0 Å². The Hall–Kier alpha value is -4.50. The third-order valence-electron chi connectivity index (χ3n) is 5.90. The fourth-order valence-corrected chi connectivity index (χ4v) is 4.74. The zero-order valence-corrected chi connectivity index (χ0v) is 22.2. The third-order valence-corrected chi connectivity index (χ3v) is 7.07. The summed E-state index contributed by atoms with van der Waals surface area (Å²) in [5.74, 6) is 1.14. The molecule has 0 aliphatic heterocycles. The molecule has 4 aromatic rings. The van der Waals surface area contributed by atoms with E-state index in [-0.39, 0.29) is 16.3 Å². The molecule has 1 heterocycles. The van der Waals surface area contributed by atoms with E-state index < -0.39 is 15.7 Å². The Morgan fingerprint density at radius 3 is 1.87 bits per heavy atom. The van der Waals surface area contributed by atoms with Gasteiger partial charge in [-0.3, -0.25) is 9.08 Å². The molecule has 0 bridgehead atoms. The highest BCUT2D eigenvalue weighted by Gasteiger charge is 2.21. The first kappa shape index (κ1) is 26.6. The van der Waals surface area contributed by atoms with Crippen molar-refractivity contribution >= 4 is 21.8 Å². The van der Waals surface area contributed by atoms with Gasteiger partial charge in [-0.15, -0.1) is 4.73 Å². The van der Waals surface area contributed by atoms with Gasteiger partial charge in [0.15, 0.2) is 0 Å². The van der Waals surface area contributed by atoms with Gasteiger partial charge in [-0.05, 0) is 84.1 Å². The lowest BCUT2D eigenvalue weighted by Gasteiger charge is -2.15. The van der Waals surface area contributed by atoms with Crippen LogP contribution in [0.15, 0.2) is 88.6 Å². The van der Waals surface area contributed by atoms with Crippen molar-refractivity contribution in [1.82, 2.24) is 4.73 Å². The van der Waals surface area contributed by atoms with E-state index in [9.17, 15) is 18.3 Å². The lowest BCUT2D eigenvalue weighted by atomic mass is 9.96. The number of methoxy groups -OCH3 is 2. The summed E-state index contributed by atoms with van der Waals surface area (Å²) in [5, 5.41) is 10.0. The number of phenols is 1. The Morgan fingerprint density at radius 2 is 1.37 bits per heavy atom. The second kappa shape index (κ2) is 10.9. The molecule has 196 valence electrons. The molecule has 1 aromatic heterocycles. The van der Waals surface area contributed by atoms with Gasteiger partial charge in [0.2, 0.25) is 0 Å². The summed E-state index contributed by atoms with van der Waals surface area (Å²) < 4.78 is 42.8. The molecule has 0 saturated carbocycles. The van der Waals surface area contributed by atoms with Crippen molar-refractivity contribution in [3.63, 3.8) is 0 Å². The molecule has 3 aromatic carbocycles. The monoisotopic (exact) mass is 533 g/mol. The van der Waals surface area contributed by atoms with Gasteiger partial charge in [-0.25, -0.2) is 0 Å². The van der Waals surface area contributed by atoms with Gasteiger partial charge in [-0.2, -0.15) is 8.42 Å². The van der Waals surface area contributed by atoms with E-state index in [0.717, 1.165) is 21.9 Å². The van der Waals surface area contributed by atoms with Gasteiger partial charge >= 0.3 is 10.1 Å². The number of rotatable bonds is 8. The summed E-state index contributed by atoms with van der Waals surface area (Å²) in [4.78, 5) is 12.7. The fraction of sp³-hybridized carbons (Fsp3) is 0.138. The number of aryl methyl sites for hydroxylation is 2. The van der Waals surface area contributed by atoms with E-state index in [1.165, 1.54) is 18.2 Å². The summed E-state index contributed by atoms with van der Waals surface area (Å²) in [6, 6.07) is 21.4. The molecular weight excluding hydrogens is 506 g/mol. The van der Waals surface area contributed by atoms with Crippen LogP contribution in [0.25, 0.3) is 11.6 Å². The number of aromatic nitrogens is 1. The van der Waals surface area contributed by atoms with Crippen LogP contribution in [0.3, 0.4) is 0 Å². The predicted octanol–water partition coefficient (Wildman–Crippen LogP) is 4.59. The van der Waals surface area contributed by atoms with Gasteiger partial charge in [0.1, 0.15) is 22.1 Å². The number of pyridine rings is 1. The summed E-state index contributed by atoms with van der Waals surface area (Å²) in [6.07, 6.45) is 1.68. The van der Waals surface area contributed by atoms with Crippen molar-refractivity contribution in [3.05, 3.63) is 117 Å². The quantitative estimate of drug-likeness (QED) is 0.353. The number of hydrogen-bond acceptors (Lipinski definition) is 7. The number of nitrogens with zero attached hydrogens (tertiary/aromatic N) is 1. The standard InChI is InChI=1S/C29H27NO7S/c1-19-15-23(30(29(32)16-19)37-38(33,34)26-14-5-20(2)28(31)18-26)17-27(21-6-10-24(35-3)11-7-21)22-8-12-25(36-4)13-9-22/h5-18,31H,1-4H3. The molecule has 8 nitrogen and oxygen atoms in total. The van der Waals surface area contributed by atoms with Crippen LogP contribution in [0, 0.1) is 13.8 Å². The van der Waals surface area contributed by atoms with Crippen molar-refractivity contribution in [3.8, 4) is 17.2 Å². The maximum atomic E-state index is 13.1. The number of hydrogen-bond donors (Lipinski definition) is 1. The first-order valence-electron chi connectivity index (χ1n) is 11.6. The molecular formula is C29H27NO7S. The average molecular weight is 534 g/mol. The van der Waals surface area contributed by atoms with Gasteiger partial charge in [-0.1, -0.05) is 30.3 Å². The van der Waals surface area contributed by atoms with E-state index in [0.29, 0.717) is 28.2 Å². The minimum atomic E-state index is -4.45. The topological polar surface area (TPSA) is 104 Å². The largest absolute Gasteiger partial charge is 0.508 e. The van der Waals surface area contributed by atoms with Crippen molar-refractivity contribution < 1.29 is 27.3 Å². The highest BCUT2D eigenvalue weighted by Crippen LogP contribution is 2.29. The maximum Gasteiger partial charge on any atom is 0.357 e. The summed E-state index contributed by atoms with van der Waals surface area (Å²) in [5.41, 5.74) is 2.95. The molecule has 0 saturated heterocycles. The number of phenolic OH excluding ortho intramolecular Hbond substituents is 1. The lowest BCUT2D eigenvalue weighted by molar-refractivity contribution is 0.264. The molecule has 0 amide bonds. The zero-order chi connectivity index (χ0) is 27.4. The first-order chi connectivity index (χ1) is 18.1. The summed E-state index contributed by atoms with van der Waals surface area (Å²) in [6.45, 7) is 3.37. The van der Waals surface area contributed by atoms with Gasteiger partial charge in [0, 0.05) is 12.1 Å². The van der Waals surface area contributed by atoms with E-state index >= 15 is 0 Å².